The Hall–Kier alpha value is -1.48. The summed E-state index contributed by atoms with van der Waals surface area (Å²) in [6.07, 6.45) is 10.0. The summed E-state index contributed by atoms with van der Waals surface area (Å²) in [7, 11) is 0. The summed E-state index contributed by atoms with van der Waals surface area (Å²) < 4.78 is 0. The summed E-state index contributed by atoms with van der Waals surface area (Å²) in [4.78, 5) is 0. The second-order valence-electron chi connectivity index (χ2n) is 3.67. The molecule has 0 fully saturated rings. The fourth-order valence-corrected chi connectivity index (χ4v) is 1.20. The van der Waals surface area contributed by atoms with E-state index in [1.54, 1.807) is 48.5 Å². The maximum absolute atomic E-state index is 8.63. The van der Waals surface area contributed by atoms with Gasteiger partial charge in [0.1, 0.15) is 11.5 Å². The average molecular weight is 413 g/mol. The van der Waals surface area contributed by atoms with Crippen LogP contribution in [0.2, 0.25) is 0 Å². The van der Waals surface area contributed by atoms with Crippen LogP contribution in [0.25, 0.3) is 0 Å². The molecule has 2 N–H and O–H groups in total. The number of para-hydroxylation sites is 2. The molecule has 0 amide bonds. The van der Waals surface area contributed by atoms with Crippen molar-refractivity contribution in [1.82, 2.24) is 0 Å². The van der Waals surface area contributed by atoms with E-state index in [9.17, 15) is 0 Å². The number of rotatable bonds is 0. The van der Waals surface area contributed by atoms with Gasteiger partial charge in [-0.2, -0.15) is 6.08 Å². The Labute approximate surface area is 184 Å². The van der Waals surface area contributed by atoms with Crippen LogP contribution in [0.1, 0.15) is 6.42 Å². The zero-order valence-electron chi connectivity index (χ0n) is 16.5. The van der Waals surface area contributed by atoms with E-state index in [1.165, 1.54) is 0 Å². The Morgan fingerprint density at radius 2 is 1.00 bits per heavy atom. The number of halogens is 1. The third-order valence-corrected chi connectivity index (χ3v) is 2.10. The summed E-state index contributed by atoms with van der Waals surface area (Å²) in [5.74, 6) is 0.644. The van der Waals surface area contributed by atoms with Crippen LogP contribution < -0.4 is 0 Å². The van der Waals surface area contributed by atoms with E-state index in [2.05, 4.69) is 12.2 Å². The molecule has 0 radical (unpaired) electrons. The minimum absolute atomic E-state index is 0. The zero-order chi connectivity index (χ0) is 13.8. The van der Waals surface area contributed by atoms with E-state index < -0.39 is 0 Å². The van der Waals surface area contributed by atoms with Crippen molar-refractivity contribution in [1.29, 1.82) is 0 Å². The number of allylic oxidation sites excluding steroid dienone is 4. The van der Waals surface area contributed by atoms with Crippen LogP contribution >= 0.6 is 12.4 Å². The van der Waals surface area contributed by atoms with Gasteiger partial charge in [0.25, 0.3) is 0 Å². The molecule has 0 aliphatic heterocycles. The first-order chi connectivity index (χ1) is 9.29. The standard InChI is InChI=1S/2C6H6O.C5H5.5CH3.ClH.Ti/c2*7-6-4-2-1-3-5-6;1-2-4-5-3-1;;;;;;;/h2*1-5,7H;1-3H,4H2;5*1H3;1H;/q;;6*-1;;. The van der Waals surface area contributed by atoms with E-state index in [0.29, 0.717) is 11.5 Å². The van der Waals surface area contributed by atoms with Crippen LogP contribution in [0.4, 0.5) is 0 Å². The van der Waals surface area contributed by atoms with E-state index in [1.807, 2.05) is 24.3 Å². The van der Waals surface area contributed by atoms with Gasteiger partial charge >= 0.3 is 0 Å². The predicted octanol–water partition coefficient (Wildman–Crippen LogP) is 6.76. The van der Waals surface area contributed by atoms with Crippen molar-refractivity contribution in [3.8, 4) is 11.5 Å². The Morgan fingerprint density at radius 3 is 1.12 bits per heavy atom. The van der Waals surface area contributed by atoms with Crippen molar-refractivity contribution in [2.75, 3.05) is 0 Å². The molecule has 0 aromatic heterocycles. The second-order valence-corrected chi connectivity index (χ2v) is 3.67. The molecule has 2 nitrogen and oxygen atoms in total. The van der Waals surface area contributed by atoms with Gasteiger partial charge in [-0.15, -0.1) is 18.8 Å². The smallest absolute Gasteiger partial charge is 0.115 e. The minimum atomic E-state index is 0. The molecular formula is C22H33ClO2Ti-6. The molecule has 4 heteroatoms. The summed E-state index contributed by atoms with van der Waals surface area (Å²) in [5.41, 5.74) is 0. The van der Waals surface area contributed by atoms with Crippen molar-refractivity contribution in [3.05, 3.63) is 122 Å². The van der Waals surface area contributed by atoms with Gasteiger partial charge in [-0.05, 0) is 24.3 Å². The molecule has 3 rings (SSSR count). The summed E-state index contributed by atoms with van der Waals surface area (Å²) in [5, 5.41) is 17.3. The maximum atomic E-state index is 8.63. The van der Waals surface area contributed by atoms with Gasteiger partial charge in [-0.1, -0.05) is 36.4 Å². The van der Waals surface area contributed by atoms with Gasteiger partial charge in [-0.25, -0.2) is 12.2 Å². The molecule has 1 aliphatic rings. The number of phenols is 2. The fraction of sp³-hybridized carbons (Fsp3) is 0.0455. The van der Waals surface area contributed by atoms with E-state index >= 15 is 0 Å². The van der Waals surface area contributed by atoms with Crippen LogP contribution in [-0.4, -0.2) is 10.2 Å². The third kappa shape index (κ3) is 27.4. The quantitative estimate of drug-likeness (QED) is 0.370. The summed E-state index contributed by atoms with van der Waals surface area (Å²) in [6, 6.07) is 17.4. The van der Waals surface area contributed by atoms with Crippen molar-refractivity contribution in [2.45, 2.75) is 6.42 Å². The zero-order valence-corrected chi connectivity index (χ0v) is 18.9. The van der Waals surface area contributed by atoms with Crippen LogP contribution in [0.3, 0.4) is 0 Å². The van der Waals surface area contributed by atoms with Crippen LogP contribution in [0.5, 0.6) is 11.5 Å². The third-order valence-electron chi connectivity index (χ3n) is 2.10. The summed E-state index contributed by atoms with van der Waals surface area (Å²) in [6.45, 7) is 0. The molecule has 2 aromatic rings. The topological polar surface area (TPSA) is 40.5 Å². The fourth-order valence-electron chi connectivity index (χ4n) is 1.20. The Kier molecular flexibility index (Phi) is 53.2. The number of aromatic hydroxyl groups is 2. The van der Waals surface area contributed by atoms with Gasteiger partial charge in [0, 0.05) is 21.7 Å². The molecule has 26 heavy (non-hydrogen) atoms. The number of benzene rings is 2. The van der Waals surface area contributed by atoms with E-state index in [4.69, 9.17) is 10.2 Å². The van der Waals surface area contributed by atoms with E-state index in [0.717, 1.165) is 6.42 Å². The first kappa shape index (κ1) is 44.2. The van der Waals surface area contributed by atoms with Crippen LogP contribution in [0.15, 0.2) is 78.9 Å². The largest absolute Gasteiger partial charge is 0.508 e. The minimum Gasteiger partial charge on any atom is -0.508 e. The molecule has 1 aliphatic carbocycles. The molecule has 0 saturated heterocycles. The predicted molar refractivity (Wildman–Crippen MR) is 117 cm³/mol. The molecular weight excluding hydrogens is 380 g/mol. The molecule has 0 saturated carbocycles. The van der Waals surface area contributed by atoms with Crippen molar-refractivity contribution < 1.29 is 31.9 Å². The summed E-state index contributed by atoms with van der Waals surface area (Å²) >= 11 is 0. The molecule has 0 atom stereocenters. The SMILES string of the molecule is Cl.Oc1ccccc1.Oc1ccccc1.[C-]1=CC=CC1.[CH3-].[CH3-].[CH3-].[CH3-].[CH3-].[Ti]. The number of hydrogen-bond acceptors (Lipinski definition) is 2. The molecule has 0 spiro atoms. The van der Waals surface area contributed by atoms with Crippen LogP contribution in [0, 0.1) is 43.2 Å². The van der Waals surface area contributed by atoms with Crippen LogP contribution in [-0.2, 0) is 21.7 Å². The van der Waals surface area contributed by atoms with Crippen molar-refractivity contribution in [3.63, 3.8) is 0 Å². The van der Waals surface area contributed by atoms with Gasteiger partial charge in [0.15, 0.2) is 0 Å². The second kappa shape index (κ2) is 31.3. The Morgan fingerprint density at radius 1 is 0.654 bits per heavy atom. The van der Waals surface area contributed by atoms with Gasteiger partial charge < -0.3 is 47.3 Å². The molecule has 0 unspecified atom stereocenters. The Balaban J connectivity index is -0.0000000370. The first-order valence-electron chi connectivity index (χ1n) is 5.99. The first-order valence-corrected chi connectivity index (χ1v) is 5.99. The van der Waals surface area contributed by atoms with Crippen molar-refractivity contribution >= 4 is 12.4 Å². The number of hydrogen-bond donors (Lipinski definition) is 2. The van der Waals surface area contributed by atoms with Gasteiger partial charge in [0.05, 0.1) is 0 Å². The maximum Gasteiger partial charge on any atom is 0.115 e. The van der Waals surface area contributed by atoms with Crippen molar-refractivity contribution in [2.24, 2.45) is 0 Å². The normalized spacial score (nSPS) is 8.00. The van der Waals surface area contributed by atoms with E-state index in [-0.39, 0.29) is 71.3 Å². The average Bonchev–Trinajstić information content (AvgIpc) is 3.00. The number of phenolic OH excluding ortho intramolecular Hbond substituents is 2. The molecule has 2 aromatic carbocycles. The van der Waals surface area contributed by atoms with Gasteiger partial charge in [0.2, 0.25) is 0 Å². The van der Waals surface area contributed by atoms with Gasteiger partial charge in [-0.3, -0.25) is 6.08 Å². The molecule has 150 valence electrons. The molecule has 0 bridgehead atoms. The Bertz CT molecular complexity index is 453. The monoisotopic (exact) mass is 412 g/mol. The molecule has 0 heterocycles.